The maximum absolute atomic E-state index is 12.3. The van der Waals surface area contributed by atoms with E-state index >= 15 is 0 Å². The molecule has 0 spiro atoms. The summed E-state index contributed by atoms with van der Waals surface area (Å²) in [5.41, 5.74) is -1.51. The number of allylic oxidation sites excluding steroid dienone is 2. The fourth-order valence-electron chi connectivity index (χ4n) is 0.902. The van der Waals surface area contributed by atoms with Gasteiger partial charge in [0, 0.05) is 13.5 Å². The van der Waals surface area contributed by atoms with Crippen molar-refractivity contribution in [3.8, 4) is 0 Å². The first-order valence-corrected chi connectivity index (χ1v) is 3.25. The van der Waals surface area contributed by atoms with Crippen LogP contribution in [0.1, 0.15) is 0 Å². The summed E-state index contributed by atoms with van der Waals surface area (Å²) in [6.07, 6.45) is 4.95. The lowest BCUT2D eigenvalue weighted by molar-refractivity contribution is -0.0649. The van der Waals surface area contributed by atoms with E-state index in [1.807, 2.05) is 0 Å². The van der Waals surface area contributed by atoms with E-state index in [-0.39, 0.29) is 0 Å². The Labute approximate surface area is 64.4 Å². The van der Waals surface area contributed by atoms with E-state index in [1.54, 1.807) is 18.2 Å². The van der Waals surface area contributed by atoms with Gasteiger partial charge in [-0.15, -0.1) is 0 Å². The van der Waals surface area contributed by atoms with Crippen molar-refractivity contribution >= 4 is 0 Å². The van der Waals surface area contributed by atoms with Gasteiger partial charge in [0.25, 0.3) is 6.43 Å². The van der Waals surface area contributed by atoms with Gasteiger partial charge in [-0.1, -0.05) is 18.2 Å². The van der Waals surface area contributed by atoms with Gasteiger partial charge in [-0.2, -0.15) is 0 Å². The molecule has 0 aliphatic heterocycles. The molecule has 0 aromatic rings. The second kappa shape index (κ2) is 3.13. The Kier molecular flexibility index (Phi) is 2.39. The Morgan fingerprint density at radius 1 is 1.27 bits per heavy atom. The highest BCUT2D eigenvalue weighted by molar-refractivity contribution is 5.28. The van der Waals surface area contributed by atoms with Crippen molar-refractivity contribution in [1.29, 1.82) is 0 Å². The predicted molar refractivity (Wildman–Crippen MR) is 38.3 cm³/mol. The Morgan fingerprint density at radius 2 is 2.00 bits per heavy atom. The first-order chi connectivity index (χ1) is 5.21. The quantitative estimate of drug-likeness (QED) is 0.598. The zero-order valence-electron chi connectivity index (χ0n) is 6.13. The molecule has 0 fully saturated rings. The lowest BCUT2D eigenvalue weighted by Gasteiger charge is -2.27. The molecule has 0 heterocycles. The number of hydrogen-bond donors (Lipinski definition) is 0. The third kappa shape index (κ3) is 1.48. The molecule has 11 heavy (non-hydrogen) atoms. The maximum atomic E-state index is 12.3. The van der Waals surface area contributed by atoms with Crippen LogP contribution in [-0.2, 0) is 4.74 Å². The third-order valence-electron chi connectivity index (χ3n) is 1.63. The van der Waals surface area contributed by atoms with Gasteiger partial charge >= 0.3 is 0 Å². The van der Waals surface area contributed by atoms with Crippen LogP contribution in [0, 0.1) is 6.42 Å². The van der Waals surface area contributed by atoms with E-state index in [2.05, 4.69) is 0 Å². The minimum Gasteiger partial charge on any atom is -0.367 e. The molecule has 1 nitrogen and oxygen atoms in total. The van der Waals surface area contributed by atoms with Crippen LogP contribution in [0.5, 0.6) is 0 Å². The molecular weight excluding hydrogens is 150 g/mol. The van der Waals surface area contributed by atoms with Crippen molar-refractivity contribution in [2.75, 3.05) is 7.11 Å². The summed E-state index contributed by atoms with van der Waals surface area (Å²) in [6, 6.07) is 0. The smallest absolute Gasteiger partial charge is 0.271 e. The van der Waals surface area contributed by atoms with Crippen molar-refractivity contribution in [1.82, 2.24) is 0 Å². The molecule has 0 saturated carbocycles. The van der Waals surface area contributed by atoms with Gasteiger partial charge in [0.15, 0.2) is 5.60 Å². The van der Waals surface area contributed by atoms with Crippen molar-refractivity contribution in [2.24, 2.45) is 0 Å². The number of alkyl halides is 2. The molecule has 0 saturated heterocycles. The summed E-state index contributed by atoms with van der Waals surface area (Å²) in [6.45, 7) is 0. The summed E-state index contributed by atoms with van der Waals surface area (Å²) in [5, 5.41) is 0. The highest BCUT2D eigenvalue weighted by atomic mass is 19.3. The SMILES string of the molecule is COC1(C(F)F)[CH]C=CC=C1. The van der Waals surface area contributed by atoms with E-state index in [0.717, 1.165) is 0 Å². The average Bonchev–Trinajstić information content (AvgIpc) is 2.05. The number of hydrogen-bond acceptors (Lipinski definition) is 1. The molecule has 0 aromatic carbocycles. The molecule has 0 bridgehead atoms. The van der Waals surface area contributed by atoms with Crippen LogP contribution in [0.3, 0.4) is 0 Å². The first-order valence-electron chi connectivity index (χ1n) is 3.25. The molecule has 0 amide bonds. The van der Waals surface area contributed by atoms with Crippen LogP contribution in [-0.4, -0.2) is 19.1 Å². The number of halogens is 2. The van der Waals surface area contributed by atoms with Gasteiger partial charge in [0.2, 0.25) is 0 Å². The Bertz CT molecular complexity index is 187. The molecule has 0 N–H and O–H groups in total. The minimum absolute atomic E-state index is 1.27. The second-order valence-electron chi connectivity index (χ2n) is 2.27. The summed E-state index contributed by atoms with van der Waals surface area (Å²) in [4.78, 5) is 0. The largest absolute Gasteiger partial charge is 0.367 e. The van der Waals surface area contributed by atoms with E-state index in [9.17, 15) is 8.78 Å². The van der Waals surface area contributed by atoms with Crippen LogP contribution in [0.4, 0.5) is 8.78 Å². The van der Waals surface area contributed by atoms with E-state index in [0.29, 0.717) is 0 Å². The fraction of sp³-hybridized carbons (Fsp3) is 0.375. The van der Waals surface area contributed by atoms with Gasteiger partial charge in [-0.3, -0.25) is 0 Å². The summed E-state index contributed by atoms with van der Waals surface area (Å²) < 4.78 is 29.4. The molecule has 1 unspecified atom stereocenters. The van der Waals surface area contributed by atoms with Crippen molar-refractivity contribution in [2.45, 2.75) is 12.0 Å². The monoisotopic (exact) mass is 159 g/mol. The van der Waals surface area contributed by atoms with Gasteiger partial charge < -0.3 is 4.74 Å². The van der Waals surface area contributed by atoms with E-state index < -0.39 is 12.0 Å². The molecule has 1 aliphatic rings. The van der Waals surface area contributed by atoms with Crippen molar-refractivity contribution in [3.63, 3.8) is 0 Å². The summed E-state index contributed by atoms with van der Waals surface area (Å²) in [7, 11) is 1.27. The molecular formula is C8H9F2O. The molecule has 0 aromatic heterocycles. The maximum Gasteiger partial charge on any atom is 0.271 e. The number of methoxy groups -OCH3 is 1. The molecule has 1 aliphatic carbocycles. The average molecular weight is 159 g/mol. The van der Waals surface area contributed by atoms with Crippen LogP contribution >= 0.6 is 0 Å². The Balaban J connectivity index is 2.77. The second-order valence-corrected chi connectivity index (χ2v) is 2.27. The highest BCUT2D eigenvalue weighted by Gasteiger charge is 2.37. The van der Waals surface area contributed by atoms with Gasteiger partial charge in [-0.05, 0) is 6.08 Å². The number of ether oxygens (including phenoxy) is 1. The fourth-order valence-corrected chi connectivity index (χ4v) is 0.902. The molecule has 1 atom stereocenters. The zero-order valence-corrected chi connectivity index (χ0v) is 6.13. The first kappa shape index (κ1) is 8.40. The van der Waals surface area contributed by atoms with Gasteiger partial charge in [-0.25, -0.2) is 8.78 Å². The normalized spacial score (nSPS) is 29.8. The summed E-state index contributed by atoms with van der Waals surface area (Å²) in [5.74, 6) is 0. The van der Waals surface area contributed by atoms with Crippen LogP contribution in [0.15, 0.2) is 24.3 Å². The van der Waals surface area contributed by atoms with E-state index in [1.165, 1.54) is 19.6 Å². The zero-order chi connectivity index (χ0) is 8.32. The van der Waals surface area contributed by atoms with Gasteiger partial charge in [0.1, 0.15) is 0 Å². The molecule has 1 radical (unpaired) electrons. The topological polar surface area (TPSA) is 9.23 Å². The van der Waals surface area contributed by atoms with Crippen LogP contribution < -0.4 is 0 Å². The molecule has 1 rings (SSSR count). The van der Waals surface area contributed by atoms with Crippen molar-refractivity contribution in [3.05, 3.63) is 30.7 Å². The lowest BCUT2D eigenvalue weighted by atomic mass is 9.96. The lowest BCUT2D eigenvalue weighted by Crippen LogP contribution is -2.38. The van der Waals surface area contributed by atoms with E-state index in [4.69, 9.17) is 4.74 Å². The van der Waals surface area contributed by atoms with Crippen LogP contribution in [0.2, 0.25) is 0 Å². The minimum atomic E-state index is -2.52. The molecule has 3 heteroatoms. The van der Waals surface area contributed by atoms with Gasteiger partial charge in [0.05, 0.1) is 0 Å². The van der Waals surface area contributed by atoms with Crippen LogP contribution in [0.25, 0.3) is 0 Å². The Morgan fingerprint density at radius 3 is 2.27 bits per heavy atom. The highest BCUT2D eigenvalue weighted by Crippen LogP contribution is 2.27. The third-order valence-corrected chi connectivity index (χ3v) is 1.63. The number of rotatable bonds is 2. The predicted octanol–water partition coefficient (Wildman–Crippen LogP) is 1.97. The standard InChI is InChI=1S/C8H9F2O/c1-11-8(7(9)10)5-3-2-4-6-8/h2-7H,1H3. The molecule has 61 valence electrons. The van der Waals surface area contributed by atoms with Crippen molar-refractivity contribution < 1.29 is 13.5 Å². The summed E-state index contributed by atoms with van der Waals surface area (Å²) >= 11 is 0. The Hall–Kier alpha value is -0.700.